The van der Waals surface area contributed by atoms with Crippen molar-refractivity contribution < 1.29 is 23.9 Å². The average Bonchev–Trinajstić information content (AvgIpc) is 2.92. The number of nitrogens with zero attached hydrogens (tertiary/aromatic N) is 1. The molecule has 1 aliphatic heterocycles. The summed E-state index contributed by atoms with van der Waals surface area (Å²) in [7, 11) is 2.79. The minimum atomic E-state index is -1.55. The summed E-state index contributed by atoms with van der Waals surface area (Å²) in [6.07, 6.45) is 0.385. The van der Waals surface area contributed by atoms with Crippen molar-refractivity contribution in [2.75, 3.05) is 14.2 Å². The predicted octanol–water partition coefficient (Wildman–Crippen LogP) is 2.96. The molecule has 0 radical (unpaired) electrons. The minimum absolute atomic E-state index is 0.108. The Bertz CT molecular complexity index is 896. The summed E-state index contributed by atoms with van der Waals surface area (Å²) < 4.78 is 10.1. The summed E-state index contributed by atoms with van der Waals surface area (Å²) in [6.45, 7) is 0.108. The summed E-state index contributed by atoms with van der Waals surface area (Å²) in [5.74, 6) is -0.430. The molecule has 1 heterocycles. The minimum Gasteiger partial charge on any atom is -0.497 e. The molecule has 0 saturated heterocycles. The standard InChI is InChI=1S/C20H18ClNO5/c1-26-14-8-6-13(7-9-14)12-22-18(24)17-15(4-3-5-16(17)21)20(22,10-11-23)19(25)27-2/h3-9,11H,10,12H2,1-2H3. The molecule has 140 valence electrons. The SMILES string of the molecule is COC(=O)C1(CC=O)c2cccc(Cl)c2C(=O)N1Cc1ccc(OC)cc1. The highest BCUT2D eigenvalue weighted by Crippen LogP contribution is 2.45. The van der Waals surface area contributed by atoms with E-state index in [1.54, 1.807) is 49.6 Å². The molecule has 0 saturated carbocycles. The van der Waals surface area contributed by atoms with Gasteiger partial charge in [0, 0.05) is 18.5 Å². The largest absolute Gasteiger partial charge is 0.497 e. The first-order valence-electron chi connectivity index (χ1n) is 8.25. The second-order valence-electron chi connectivity index (χ2n) is 6.12. The zero-order chi connectivity index (χ0) is 19.6. The molecule has 0 spiro atoms. The molecular formula is C20H18ClNO5. The highest BCUT2D eigenvalue weighted by Gasteiger charge is 2.56. The lowest BCUT2D eigenvalue weighted by molar-refractivity contribution is -0.155. The van der Waals surface area contributed by atoms with E-state index in [1.807, 2.05) is 0 Å². The van der Waals surface area contributed by atoms with E-state index in [0.717, 1.165) is 5.56 Å². The first-order valence-corrected chi connectivity index (χ1v) is 8.63. The topological polar surface area (TPSA) is 72.9 Å². The number of carbonyl (C=O) groups is 3. The summed E-state index contributed by atoms with van der Waals surface area (Å²) in [6, 6.07) is 12.0. The lowest BCUT2D eigenvalue weighted by Crippen LogP contribution is -2.50. The van der Waals surface area contributed by atoms with Crippen LogP contribution in [-0.2, 0) is 26.4 Å². The Labute approximate surface area is 161 Å². The van der Waals surface area contributed by atoms with Crippen molar-refractivity contribution in [2.24, 2.45) is 0 Å². The van der Waals surface area contributed by atoms with E-state index in [9.17, 15) is 14.4 Å². The van der Waals surface area contributed by atoms with Gasteiger partial charge in [-0.25, -0.2) is 4.79 Å². The van der Waals surface area contributed by atoms with Gasteiger partial charge < -0.3 is 19.2 Å². The molecule has 1 atom stereocenters. The lowest BCUT2D eigenvalue weighted by Gasteiger charge is -2.35. The van der Waals surface area contributed by atoms with E-state index in [2.05, 4.69) is 0 Å². The van der Waals surface area contributed by atoms with Crippen LogP contribution in [0.1, 0.15) is 27.9 Å². The normalized spacial score (nSPS) is 18.2. The second-order valence-corrected chi connectivity index (χ2v) is 6.53. The van der Waals surface area contributed by atoms with E-state index < -0.39 is 17.4 Å². The Morgan fingerprint density at radius 3 is 2.48 bits per heavy atom. The van der Waals surface area contributed by atoms with Gasteiger partial charge in [0.2, 0.25) is 0 Å². The first-order chi connectivity index (χ1) is 13.0. The molecule has 0 N–H and O–H groups in total. The summed E-state index contributed by atoms with van der Waals surface area (Å²) in [4.78, 5) is 38.8. The number of methoxy groups -OCH3 is 2. The van der Waals surface area contributed by atoms with Gasteiger partial charge in [-0.2, -0.15) is 0 Å². The lowest BCUT2D eigenvalue weighted by atomic mass is 9.86. The molecule has 2 aromatic rings. The Kier molecular flexibility index (Phi) is 5.19. The van der Waals surface area contributed by atoms with Crippen molar-refractivity contribution in [3.05, 3.63) is 64.2 Å². The summed E-state index contributed by atoms with van der Waals surface area (Å²) >= 11 is 6.24. The molecule has 0 fully saturated rings. The fourth-order valence-electron chi connectivity index (χ4n) is 3.47. The van der Waals surface area contributed by atoms with Crippen molar-refractivity contribution >= 4 is 29.8 Å². The molecule has 1 aliphatic rings. The van der Waals surface area contributed by atoms with Crippen LogP contribution in [0.15, 0.2) is 42.5 Å². The van der Waals surface area contributed by atoms with E-state index in [-0.39, 0.29) is 23.6 Å². The number of rotatable bonds is 6. The van der Waals surface area contributed by atoms with Crippen LogP contribution in [0.25, 0.3) is 0 Å². The number of aldehydes is 1. The molecule has 27 heavy (non-hydrogen) atoms. The molecule has 3 rings (SSSR count). The Hall–Kier alpha value is -2.86. The van der Waals surface area contributed by atoms with Crippen LogP contribution in [-0.4, -0.2) is 37.3 Å². The van der Waals surface area contributed by atoms with Crippen molar-refractivity contribution in [3.8, 4) is 5.75 Å². The number of amides is 1. The van der Waals surface area contributed by atoms with Gasteiger partial charge in [0.15, 0.2) is 5.54 Å². The average molecular weight is 388 g/mol. The zero-order valence-corrected chi connectivity index (χ0v) is 15.7. The molecule has 0 bridgehead atoms. The number of hydrogen-bond donors (Lipinski definition) is 0. The maximum atomic E-state index is 13.1. The van der Waals surface area contributed by atoms with Crippen LogP contribution in [0.4, 0.5) is 0 Å². The van der Waals surface area contributed by atoms with Crippen molar-refractivity contribution in [1.82, 2.24) is 4.90 Å². The Morgan fingerprint density at radius 1 is 1.19 bits per heavy atom. The number of fused-ring (bicyclic) bond motifs is 1. The molecule has 6 nitrogen and oxygen atoms in total. The molecule has 0 aliphatic carbocycles. The third-order valence-corrected chi connectivity index (χ3v) is 5.10. The summed E-state index contributed by atoms with van der Waals surface area (Å²) in [5.41, 5.74) is -0.173. The molecule has 7 heteroatoms. The van der Waals surface area contributed by atoms with Crippen LogP contribution < -0.4 is 4.74 Å². The first kappa shape index (κ1) is 18.9. The third-order valence-electron chi connectivity index (χ3n) is 4.78. The van der Waals surface area contributed by atoms with Crippen LogP contribution >= 0.6 is 11.6 Å². The number of ether oxygens (including phenoxy) is 2. The van der Waals surface area contributed by atoms with Crippen molar-refractivity contribution in [1.29, 1.82) is 0 Å². The molecule has 1 amide bonds. The fourth-order valence-corrected chi connectivity index (χ4v) is 3.73. The third kappa shape index (κ3) is 2.96. The van der Waals surface area contributed by atoms with Crippen LogP contribution in [0, 0.1) is 0 Å². The number of carbonyl (C=O) groups excluding carboxylic acids is 3. The number of hydrogen-bond acceptors (Lipinski definition) is 5. The van der Waals surface area contributed by atoms with Gasteiger partial charge in [0.1, 0.15) is 12.0 Å². The van der Waals surface area contributed by atoms with Gasteiger partial charge >= 0.3 is 5.97 Å². The van der Waals surface area contributed by atoms with E-state index >= 15 is 0 Å². The van der Waals surface area contributed by atoms with Gasteiger partial charge in [-0.05, 0) is 23.8 Å². The van der Waals surface area contributed by atoms with Gasteiger partial charge in [-0.1, -0.05) is 35.9 Å². The molecular weight excluding hydrogens is 370 g/mol. The molecule has 2 aromatic carbocycles. The maximum absolute atomic E-state index is 13.1. The highest BCUT2D eigenvalue weighted by atomic mass is 35.5. The van der Waals surface area contributed by atoms with Gasteiger partial charge in [0.25, 0.3) is 5.91 Å². The quantitative estimate of drug-likeness (QED) is 0.563. The fraction of sp³-hybridized carbons (Fsp3) is 0.250. The Balaban J connectivity index is 2.14. The number of halogens is 1. The van der Waals surface area contributed by atoms with Gasteiger partial charge in [-0.15, -0.1) is 0 Å². The maximum Gasteiger partial charge on any atom is 0.337 e. The van der Waals surface area contributed by atoms with Crippen molar-refractivity contribution in [2.45, 2.75) is 18.5 Å². The summed E-state index contributed by atoms with van der Waals surface area (Å²) in [5, 5.41) is 0.230. The highest BCUT2D eigenvalue weighted by molar-refractivity contribution is 6.34. The van der Waals surface area contributed by atoms with Crippen molar-refractivity contribution in [3.63, 3.8) is 0 Å². The van der Waals surface area contributed by atoms with Crippen LogP contribution in [0.5, 0.6) is 5.75 Å². The number of esters is 1. The smallest absolute Gasteiger partial charge is 0.337 e. The molecule has 0 aromatic heterocycles. The predicted molar refractivity (Wildman–Crippen MR) is 98.7 cm³/mol. The van der Waals surface area contributed by atoms with E-state index in [1.165, 1.54) is 12.0 Å². The van der Waals surface area contributed by atoms with Gasteiger partial charge in [0.05, 0.1) is 24.8 Å². The monoisotopic (exact) mass is 387 g/mol. The van der Waals surface area contributed by atoms with E-state index in [4.69, 9.17) is 21.1 Å². The van der Waals surface area contributed by atoms with Gasteiger partial charge in [-0.3, -0.25) is 4.79 Å². The van der Waals surface area contributed by atoms with Crippen LogP contribution in [0.3, 0.4) is 0 Å². The molecule has 1 unspecified atom stereocenters. The van der Waals surface area contributed by atoms with E-state index in [0.29, 0.717) is 17.6 Å². The number of benzene rings is 2. The Morgan fingerprint density at radius 2 is 1.89 bits per heavy atom. The second kappa shape index (κ2) is 7.40. The zero-order valence-electron chi connectivity index (χ0n) is 14.9. The van der Waals surface area contributed by atoms with Crippen LogP contribution in [0.2, 0.25) is 5.02 Å².